The number of aliphatic imine (C=N–C) groups is 1. The van der Waals surface area contributed by atoms with Gasteiger partial charge < -0.3 is 5.32 Å². The molecule has 104 valence electrons. The first-order valence-electron chi connectivity index (χ1n) is 6.46. The van der Waals surface area contributed by atoms with Crippen molar-refractivity contribution in [3.8, 4) is 0 Å². The van der Waals surface area contributed by atoms with Crippen molar-refractivity contribution in [1.29, 1.82) is 0 Å². The summed E-state index contributed by atoms with van der Waals surface area (Å²) in [6.07, 6.45) is 5.71. The molecule has 4 N–H and O–H groups in total. The van der Waals surface area contributed by atoms with Crippen molar-refractivity contribution in [3.63, 3.8) is 0 Å². The predicted octanol–water partition coefficient (Wildman–Crippen LogP) is 3.04. The van der Waals surface area contributed by atoms with Crippen LogP contribution in [0.3, 0.4) is 0 Å². The molecular weight excluding hydrogens is 267 g/mol. The molecule has 1 fully saturated rings. The average molecular weight is 285 g/mol. The fourth-order valence-electron chi connectivity index (χ4n) is 2.23. The van der Waals surface area contributed by atoms with Gasteiger partial charge in [-0.3, -0.25) is 5.43 Å². The molecule has 19 heavy (non-hydrogen) atoms. The highest BCUT2D eigenvalue weighted by atomic mass is 35.5. The quantitative estimate of drug-likeness (QED) is 0.338. The summed E-state index contributed by atoms with van der Waals surface area (Å²) in [6.45, 7) is 0. The third-order valence-electron chi connectivity index (χ3n) is 3.23. The summed E-state index contributed by atoms with van der Waals surface area (Å²) in [5, 5.41) is 2.91. The SMILES string of the molecule is NNC(=NC1CCCCC1)Nc1cccc(Cl)c1F. The molecule has 4 nitrogen and oxygen atoms in total. The Balaban J connectivity index is 2.09. The molecule has 0 bridgehead atoms. The van der Waals surface area contributed by atoms with E-state index in [1.807, 2.05) is 0 Å². The van der Waals surface area contributed by atoms with Crippen LogP contribution in [-0.2, 0) is 0 Å². The Morgan fingerprint density at radius 2 is 2.05 bits per heavy atom. The van der Waals surface area contributed by atoms with E-state index in [1.54, 1.807) is 12.1 Å². The fraction of sp³-hybridized carbons (Fsp3) is 0.462. The second kappa shape index (κ2) is 6.73. The molecule has 0 unspecified atom stereocenters. The first kappa shape index (κ1) is 14.1. The van der Waals surface area contributed by atoms with Gasteiger partial charge in [-0.15, -0.1) is 0 Å². The van der Waals surface area contributed by atoms with Gasteiger partial charge in [0.05, 0.1) is 16.8 Å². The summed E-state index contributed by atoms with van der Waals surface area (Å²) in [5.41, 5.74) is 2.74. The highest BCUT2D eigenvalue weighted by Gasteiger charge is 2.14. The summed E-state index contributed by atoms with van der Waals surface area (Å²) < 4.78 is 13.8. The van der Waals surface area contributed by atoms with Crippen LogP contribution in [0.1, 0.15) is 32.1 Å². The van der Waals surface area contributed by atoms with Crippen LogP contribution in [0, 0.1) is 5.82 Å². The minimum absolute atomic E-state index is 0.0686. The van der Waals surface area contributed by atoms with Crippen LogP contribution in [0.15, 0.2) is 23.2 Å². The maximum Gasteiger partial charge on any atom is 0.210 e. The van der Waals surface area contributed by atoms with Crippen molar-refractivity contribution < 1.29 is 4.39 Å². The Labute approximate surface area is 117 Å². The van der Waals surface area contributed by atoms with E-state index in [-0.39, 0.29) is 16.8 Å². The number of benzene rings is 1. The number of nitrogens with zero attached hydrogens (tertiary/aromatic N) is 1. The number of anilines is 1. The molecule has 0 radical (unpaired) electrons. The highest BCUT2D eigenvalue weighted by Crippen LogP contribution is 2.23. The van der Waals surface area contributed by atoms with Gasteiger partial charge in [0, 0.05) is 0 Å². The van der Waals surface area contributed by atoms with Gasteiger partial charge in [0.25, 0.3) is 0 Å². The Bertz CT molecular complexity index is 458. The van der Waals surface area contributed by atoms with Gasteiger partial charge in [-0.05, 0) is 25.0 Å². The third-order valence-corrected chi connectivity index (χ3v) is 3.52. The maximum absolute atomic E-state index is 13.8. The van der Waals surface area contributed by atoms with Crippen molar-refractivity contribution >= 4 is 23.2 Å². The van der Waals surface area contributed by atoms with Crippen LogP contribution in [0.25, 0.3) is 0 Å². The monoisotopic (exact) mass is 284 g/mol. The number of guanidine groups is 1. The molecule has 0 spiro atoms. The first-order valence-corrected chi connectivity index (χ1v) is 6.84. The van der Waals surface area contributed by atoms with E-state index in [1.165, 1.54) is 25.3 Å². The second-order valence-corrected chi connectivity index (χ2v) is 5.05. The molecule has 0 saturated heterocycles. The lowest BCUT2D eigenvalue weighted by atomic mass is 9.96. The summed E-state index contributed by atoms with van der Waals surface area (Å²) in [4.78, 5) is 4.48. The lowest BCUT2D eigenvalue weighted by Gasteiger charge is -2.19. The van der Waals surface area contributed by atoms with Gasteiger partial charge in [0.2, 0.25) is 5.96 Å². The number of nitrogens with one attached hydrogen (secondary N) is 2. The van der Waals surface area contributed by atoms with Gasteiger partial charge in [0.15, 0.2) is 5.82 Å². The van der Waals surface area contributed by atoms with Gasteiger partial charge in [-0.25, -0.2) is 15.2 Å². The van der Waals surface area contributed by atoms with E-state index in [9.17, 15) is 4.39 Å². The van der Waals surface area contributed by atoms with Crippen LogP contribution in [0.4, 0.5) is 10.1 Å². The van der Waals surface area contributed by atoms with E-state index in [2.05, 4.69) is 15.7 Å². The molecule has 1 aromatic carbocycles. The minimum atomic E-state index is -0.504. The van der Waals surface area contributed by atoms with Gasteiger partial charge in [0.1, 0.15) is 0 Å². The molecule has 0 atom stereocenters. The average Bonchev–Trinajstić information content (AvgIpc) is 2.44. The summed E-state index contributed by atoms with van der Waals surface area (Å²) >= 11 is 5.73. The standard InChI is InChI=1S/C13H18ClFN4/c14-10-7-4-8-11(12(10)15)18-13(19-16)17-9-5-2-1-3-6-9/h4,7-9H,1-3,5-6,16H2,(H2,17,18,19). The van der Waals surface area contributed by atoms with Crippen molar-refractivity contribution in [2.75, 3.05) is 5.32 Å². The number of hydrogen-bond donors (Lipinski definition) is 3. The van der Waals surface area contributed by atoms with Crippen LogP contribution in [0.2, 0.25) is 5.02 Å². The number of halogens is 2. The fourth-order valence-corrected chi connectivity index (χ4v) is 2.40. The Morgan fingerprint density at radius 1 is 1.32 bits per heavy atom. The molecule has 0 aliphatic heterocycles. The Kier molecular flexibility index (Phi) is 4.99. The highest BCUT2D eigenvalue weighted by molar-refractivity contribution is 6.31. The second-order valence-electron chi connectivity index (χ2n) is 4.64. The molecule has 0 amide bonds. The molecule has 1 aromatic rings. The number of hydrazine groups is 1. The van der Waals surface area contributed by atoms with Gasteiger partial charge >= 0.3 is 0 Å². The summed E-state index contributed by atoms with van der Waals surface area (Å²) in [6, 6.07) is 5.00. The minimum Gasteiger partial charge on any atom is -0.323 e. The molecule has 2 rings (SSSR count). The zero-order valence-electron chi connectivity index (χ0n) is 10.6. The zero-order chi connectivity index (χ0) is 13.7. The van der Waals surface area contributed by atoms with Crippen molar-refractivity contribution in [2.24, 2.45) is 10.8 Å². The smallest absolute Gasteiger partial charge is 0.210 e. The summed E-state index contributed by atoms with van der Waals surface area (Å²) in [7, 11) is 0. The molecule has 0 aromatic heterocycles. The molecule has 1 aliphatic rings. The van der Waals surface area contributed by atoms with Crippen LogP contribution < -0.4 is 16.6 Å². The van der Waals surface area contributed by atoms with Crippen LogP contribution in [-0.4, -0.2) is 12.0 Å². The zero-order valence-corrected chi connectivity index (χ0v) is 11.4. The van der Waals surface area contributed by atoms with E-state index in [4.69, 9.17) is 17.4 Å². The Hall–Kier alpha value is -1.33. The summed E-state index contributed by atoms with van der Waals surface area (Å²) in [5.74, 6) is 5.29. The van der Waals surface area contributed by atoms with Crippen molar-refractivity contribution in [2.45, 2.75) is 38.1 Å². The molecule has 1 saturated carbocycles. The number of hydrogen-bond acceptors (Lipinski definition) is 2. The van der Waals surface area contributed by atoms with Crippen LogP contribution in [0.5, 0.6) is 0 Å². The van der Waals surface area contributed by atoms with E-state index in [0.717, 1.165) is 12.8 Å². The van der Waals surface area contributed by atoms with E-state index < -0.39 is 5.82 Å². The van der Waals surface area contributed by atoms with Crippen LogP contribution >= 0.6 is 11.6 Å². The lowest BCUT2D eigenvalue weighted by molar-refractivity contribution is 0.442. The van der Waals surface area contributed by atoms with E-state index in [0.29, 0.717) is 5.96 Å². The molecule has 0 heterocycles. The third kappa shape index (κ3) is 3.81. The van der Waals surface area contributed by atoms with Gasteiger partial charge in [-0.1, -0.05) is 36.9 Å². The molecule has 6 heteroatoms. The number of nitrogens with two attached hydrogens (primary N) is 1. The first-order chi connectivity index (χ1) is 9.20. The molecular formula is C13H18ClFN4. The normalized spacial score (nSPS) is 17.3. The van der Waals surface area contributed by atoms with Crippen molar-refractivity contribution in [1.82, 2.24) is 5.43 Å². The van der Waals surface area contributed by atoms with E-state index >= 15 is 0 Å². The molecule has 1 aliphatic carbocycles. The van der Waals surface area contributed by atoms with Gasteiger partial charge in [-0.2, -0.15) is 0 Å². The predicted molar refractivity (Wildman–Crippen MR) is 76.7 cm³/mol. The Morgan fingerprint density at radius 3 is 2.74 bits per heavy atom. The number of rotatable bonds is 2. The largest absolute Gasteiger partial charge is 0.323 e. The maximum atomic E-state index is 13.8. The topological polar surface area (TPSA) is 62.4 Å². The lowest BCUT2D eigenvalue weighted by Crippen LogP contribution is -2.37. The van der Waals surface area contributed by atoms with Crippen molar-refractivity contribution in [3.05, 3.63) is 29.0 Å².